The second-order valence-electron chi connectivity index (χ2n) is 2.46. The summed E-state index contributed by atoms with van der Waals surface area (Å²) in [6.45, 7) is 2.03. The maximum Gasteiger partial charge on any atom is 0.0800 e. The minimum atomic E-state index is 1.09. The molecule has 0 unspecified atom stereocenters. The van der Waals surface area contributed by atoms with Gasteiger partial charge >= 0.3 is 0 Å². The van der Waals surface area contributed by atoms with Gasteiger partial charge in [-0.1, -0.05) is 15.9 Å². The Morgan fingerprint density at radius 2 is 2.36 bits per heavy atom. The zero-order chi connectivity index (χ0) is 7.84. The molecular weight excluding hydrogens is 206 g/mol. The predicted molar refractivity (Wildman–Crippen MR) is 47.0 cm³/mol. The van der Waals surface area contributed by atoms with Crippen LogP contribution < -0.4 is 11.0 Å². The Labute approximate surface area is 73.5 Å². The molecule has 0 saturated carbocycles. The predicted octanol–water partition coefficient (Wildman–Crippen LogP) is 1.35. The van der Waals surface area contributed by atoms with Crippen LogP contribution >= 0.6 is 15.9 Å². The van der Waals surface area contributed by atoms with Crippen molar-refractivity contribution in [1.82, 2.24) is 16.0 Å². The Balaban J connectivity index is 2.40. The van der Waals surface area contributed by atoms with Crippen LogP contribution in [0.25, 0.3) is 0 Å². The number of fused-ring (bicyclic) bond motifs is 1. The molecule has 0 spiro atoms. The first-order valence-corrected chi connectivity index (χ1v) is 4.14. The normalized spacial score (nSPS) is 21.6. The molecule has 0 fully saturated rings. The van der Waals surface area contributed by atoms with E-state index in [2.05, 4.69) is 33.0 Å². The average Bonchev–Trinajstić information content (AvgIpc) is 2.33. The van der Waals surface area contributed by atoms with Gasteiger partial charge in [0.05, 0.1) is 11.4 Å². The fraction of sp³-hybridized carbons (Fsp3) is 0.143. The van der Waals surface area contributed by atoms with Crippen molar-refractivity contribution in [1.29, 1.82) is 0 Å². The van der Waals surface area contributed by atoms with Crippen molar-refractivity contribution in [3.8, 4) is 0 Å². The summed E-state index contributed by atoms with van der Waals surface area (Å²) >= 11 is 3.41. The zero-order valence-electron chi connectivity index (χ0n) is 6.06. The number of hydrazine groups is 2. The summed E-state index contributed by atoms with van der Waals surface area (Å²) in [5, 5.41) is 1.93. The Morgan fingerprint density at radius 1 is 1.55 bits per heavy atom. The molecule has 4 heteroatoms. The third kappa shape index (κ3) is 1.08. The Kier molecular flexibility index (Phi) is 1.51. The summed E-state index contributed by atoms with van der Waals surface area (Å²) in [6, 6.07) is 0. The molecule has 0 atom stereocenters. The second kappa shape index (κ2) is 2.39. The molecule has 0 amide bonds. The molecule has 0 bridgehead atoms. The molecule has 11 heavy (non-hydrogen) atoms. The molecule has 0 radical (unpaired) electrons. The highest BCUT2D eigenvalue weighted by molar-refractivity contribution is 9.11. The van der Waals surface area contributed by atoms with Crippen molar-refractivity contribution in [3.05, 3.63) is 34.2 Å². The summed E-state index contributed by atoms with van der Waals surface area (Å²) in [4.78, 5) is 0. The molecule has 2 rings (SSSR count). The van der Waals surface area contributed by atoms with E-state index in [0.717, 1.165) is 15.9 Å². The number of hydrogen-bond donors (Lipinski definition) is 2. The molecule has 2 heterocycles. The number of hydrogen-bond acceptors (Lipinski definition) is 3. The monoisotopic (exact) mass is 213 g/mol. The molecule has 2 aliphatic rings. The highest BCUT2D eigenvalue weighted by atomic mass is 79.9. The Bertz CT molecular complexity index is 277. The number of nitrogens with one attached hydrogen (secondary N) is 2. The maximum atomic E-state index is 3.41. The van der Waals surface area contributed by atoms with Gasteiger partial charge in [0.2, 0.25) is 0 Å². The van der Waals surface area contributed by atoms with Crippen LogP contribution in [0.4, 0.5) is 0 Å². The van der Waals surface area contributed by atoms with Gasteiger partial charge in [0.15, 0.2) is 0 Å². The smallest absolute Gasteiger partial charge is 0.0800 e. The third-order valence-corrected chi connectivity index (χ3v) is 2.16. The highest BCUT2D eigenvalue weighted by Crippen LogP contribution is 2.22. The van der Waals surface area contributed by atoms with Crippen LogP contribution in [0.3, 0.4) is 0 Å². The number of nitrogens with zero attached hydrogens (tertiary/aromatic N) is 1. The van der Waals surface area contributed by atoms with Crippen LogP contribution in [0.5, 0.6) is 0 Å². The molecular formula is C7H8BrN3. The third-order valence-electron chi connectivity index (χ3n) is 1.67. The Morgan fingerprint density at radius 3 is 3.18 bits per heavy atom. The molecule has 0 aliphatic carbocycles. The summed E-state index contributed by atoms with van der Waals surface area (Å²) in [5.74, 6) is 0. The lowest BCUT2D eigenvalue weighted by Gasteiger charge is -2.16. The first kappa shape index (κ1) is 6.94. The van der Waals surface area contributed by atoms with Gasteiger partial charge in [-0.3, -0.25) is 5.01 Å². The lowest BCUT2D eigenvalue weighted by Crippen LogP contribution is -2.34. The fourth-order valence-electron chi connectivity index (χ4n) is 1.07. The van der Waals surface area contributed by atoms with Crippen molar-refractivity contribution in [2.45, 2.75) is 6.92 Å². The minimum absolute atomic E-state index is 1.09. The molecule has 0 aromatic heterocycles. The van der Waals surface area contributed by atoms with Gasteiger partial charge in [-0.05, 0) is 19.1 Å². The minimum Gasteiger partial charge on any atom is -0.306 e. The zero-order valence-corrected chi connectivity index (χ0v) is 7.64. The van der Waals surface area contributed by atoms with E-state index in [1.165, 1.54) is 0 Å². The first-order valence-electron chi connectivity index (χ1n) is 3.34. The van der Waals surface area contributed by atoms with Crippen LogP contribution in [0.15, 0.2) is 34.2 Å². The van der Waals surface area contributed by atoms with E-state index >= 15 is 0 Å². The van der Waals surface area contributed by atoms with Crippen molar-refractivity contribution in [2.24, 2.45) is 0 Å². The summed E-state index contributed by atoms with van der Waals surface area (Å²) in [7, 11) is 0. The van der Waals surface area contributed by atoms with Crippen molar-refractivity contribution in [3.63, 3.8) is 0 Å². The molecule has 0 aromatic carbocycles. The first-order chi connectivity index (χ1) is 5.27. The van der Waals surface area contributed by atoms with E-state index in [0.29, 0.717) is 0 Å². The van der Waals surface area contributed by atoms with Gasteiger partial charge in [0.1, 0.15) is 0 Å². The summed E-state index contributed by atoms with van der Waals surface area (Å²) < 4.78 is 1.09. The molecule has 2 N–H and O–H groups in total. The second-order valence-corrected chi connectivity index (χ2v) is 3.38. The van der Waals surface area contributed by atoms with Crippen molar-refractivity contribution >= 4 is 15.9 Å². The van der Waals surface area contributed by atoms with E-state index in [9.17, 15) is 0 Å². The quantitative estimate of drug-likeness (QED) is 0.637. The number of rotatable bonds is 0. The lowest BCUT2D eigenvalue weighted by atomic mass is 10.3. The van der Waals surface area contributed by atoms with Crippen LogP contribution in [-0.2, 0) is 0 Å². The number of halogens is 1. The van der Waals surface area contributed by atoms with Crippen LogP contribution in [0.2, 0.25) is 0 Å². The maximum absolute atomic E-state index is 3.41. The van der Waals surface area contributed by atoms with E-state index in [4.69, 9.17) is 0 Å². The van der Waals surface area contributed by atoms with Gasteiger partial charge in [-0.15, -0.1) is 5.53 Å². The van der Waals surface area contributed by atoms with E-state index in [-0.39, 0.29) is 0 Å². The molecule has 3 nitrogen and oxygen atoms in total. The molecule has 0 saturated heterocycles. The highest BCUT2D eigenvalue weighted by Gasteiger charge is 2.17. The average molecular weight is 214 g/mol. The summed E-state index contributed by atoms with van der Waals surface area (Å²) in [6.07, 6.45) is 6.00. The van der Waals surface area contributed by atoms with E-state index in [1.54, 1.807) is 0 Å². The van der Waals surface area contributed by atoms with Crippen LogP contribution in [-0.4, -0.2) is 5.01 Å². The molecule has 0 aromatic rings. The van der Waals surface area contributed by atoms with Gasteiger partial charge < -0.3 is 5.43 Å². The lowest BCUT2D eigenvalue weighted by molar-refractivity contribution is 0.348. The molecule has 2 aliphatic heterocycles. The van der Waals surface area contributed by atoms with Gasteiger partial charge in [0, 0.05) is 10.7 Å². The van der Waals surface area contributed by atoms with Gasteiger partial charge in [-0.25, -0.2) is 0 Å². The van der Waals surface area contributed by atoms with Crippen molar-refractivity contribution in [2.75, 3.05) is 0 Å². The molecule has 58 valence electrons. The fourth-order valence-corrected chi connectivity index (χ4v) is 1.40. The Hall–Kier alpha value is -0.740. The van der Waals surface area contributed by atoms with E-state index in [1.807, 2.05) is 24.2 Å². The van der Waals surface area contributed by atoms with Crippen LogP contribution in [0.1, 0.15) is 6.92 Å². The largest absolute Gasteiger partial charge is 0.306 e. The van der Waals surface area contributed by atoms with Crippen molar-refractivity contribution < 1.29 is 0 Å². The number of allylic oxidation sites excluding steroid dienone is 4. The SMILES string of the molecule is CC1=C2C=C(Br)C=CN2NN1. The van der Waals surface area contributed by atoms with E-state index < -0.39 is 0 Å². The van der Waals surface area contributed by atoms with Gasteiger partial charge in [0.25, 0.3) is 0 Å². The van der Waals surface area contributed by atoms with Gasteiger partial charge in [-0.2, -0.15) is 0 Å². The summed E-state index contributed by atoms with van der Waals surface area (Å²) in [5.41, 5.74) is 8.29. The standard InChI is InChI=1S/C7H8BrN3/c1-5-7-4-6(8)2-3-11(7)10-9-5/h2-4,9-10H,1H3. The topological polar surface area (TPSA) is 27.3 Å². The van der Waals surface area contributed by atoms with Crippen LogP contribution in [0, 0.1) is 0 Å².